The average Bonchev–Trinajstić information content (AvgIpc) is 2.05. The topological polar surface area (TPSA) is 49.4 Å². The van der Waals surface area contributed by atoms with Crippen molar-refractivity contribution in [2.24, 2.45) is 0 Å². The fourth-order valence-electron chi connectivity index (χ4n) is 1.33. The normalized spacial score (nSPS) is 17.2. The molecular formula is C8H14N2O2. The quantitative estimate of drug-likeness (QED) is 0.582. The molecule has 0 unspecified atom stereocenters. The summed E-state index contributed by atoms with van der Waals surface area (Å²) in [6, 6.07) is -0.248. The third-order valence-electron chi connectivity index (χ3n) is 1.93. The summed E-state index contributed by atoms with van der Waals surface area (Å²) in [5, 5.41) is 2.26. The molecule has 0 atom stereocenters. The molecule has 4 nitrogen and oxygen atoms in total. The van der Waals surface area contributed by atoms with E-state index in [0.29, 0.717) is 0 Å². The van der Waals surface area contributed by atoms with Gasteiger partial charge in [0.25, 0.3) is 0 Å². The van der Waals surface area contributed by atoms with E-state index in [9.17, 15) is 9.59 Å². The molecule has 1 N–H and O–H groups in total. The highest BCUT2D eigenvalue weighted by Gasteiger charge is 2.16. The van der Waals surface area contributed by atoms with E-state index in [1.54, 1.807) is 4.90 Å². The second kappa shape index (κ2) is 4.09. The lowest BCUT2D eigenvalue weighted by Crippen LogP contribution is -2.44. The van der Waals surface area contributed by atoms with Crippen LogP contribution in [0.2, 0.25) is 0 Å². The minimum atomic E-state index is -0.287. The van der Waals surface area contributed by atoms with Crippen LogP contribution in [0.5, 0.6) is 0 Å². The van der Waals surface area contributed by atoms with Gasteiger partial charge in [-0.25, -0.2) is 4.79 Å². The maximum absolute atomic E-state index is 11.2. The van der Waals surface area contributed by atoms with Crippen LogP contribution >= 0.6 is 0 Å². The Hall–Kier alpha value is -1.06. The smallest absolute Gasteiger partial charge is 0.324 e. The van der Waals surface area contributed by atoms with Crippen LogP contribution in [0.1, 0.15) is 26.2 Å². The maximum Gasteiger partial charge on any atom is 0.324 e. The van der Waals surface area contributed by atoms with Crippen LogP contribution in [-0.4, -0.2) is 29.9 Å². The van der Waals surface area contributed by atoms with E-state index in [4.69, 9.17) is 0 Å². The summed E-state index contributed by atoms with van der Waals surface area (Å²) in [5.74, 6) is -0.287. The molecule has 0 aromatic rings. The SMILES string of the molecule is CC(=O)NC(=O)N1CCCCC1. The summed E-state index contributed by atoms with van der Waals surface area (Å²) in [6.45, 7) is 2.90. The Morgan fingerprint density at radius 1 is 1.17 bits per heavy atom. The highest BCUT2D eigenvalue weighted by molar-refractivity contribution is 5.93. The Balaban J connectivity index is 2.34. The van der Waals surface area contributed by atoms with Crippen LogP contribution in [0.3, 0.4) is 0 Å². The van der Waals surface area contributed by atoms with Crippen LogP contribution < -0.4 is 5.32 Å². The zero-order valence-corrected chi connectivity index (χ0v) is 7.30. The van der Waals surface area contributed by atoms with E-state index in [2.05, 4.69) is 5.32 Å². The highest BCUT2D eigenvalue weighted by atomic mass is 16.2. The molecule has 4 heteroatoms. The summed E-state index contributed by atoms with van der Waals surface area (Å²) in [4.78, 5) is 23.4. The summed E-state index contributed by atoms with van der Waals surface area (Å²) < 4.78 is 0. The van der Waals surface area contributed by atoms with Crippen LogP contribution in [0.25, 0.3) is 0 Å². The number of urea groups is 1. The lowest BCUT2D eigenvalue weighted by Gasteiger charge is -2.26. The van der Waals surface area contributed by atoms with E-state index in [0.717, 1.165) is 25.9 Å². The van der Waals surface area contributed by atoms with Crippen LogP contribution in [0, 0.1) is 0 Å². The van der Waals surface area contributed by atoms with Gasteiger partial charge >= 0.3 is 6.03 Å². The standard InChI is InChI=1S/C8H14N2O2/c1-7(11)9-8(12)10-5-3-2-4-6-10/h2-6H2,1H3,(H,9,11,12). The Morgan fingerprint density at radius 3 is 2.25 bits per heavy atom. The number of rotatable bonds is 0. The van der Waals surface area contributed by atoms with Gasteiger partial charge in [0.2, 0.25) is 5.91 Å². The second-order valence-corrected chi connectivity index (χ2v) is 3.03. The number of piperidine rings is 1. The lowest BCUT2D eigenvalue weighted by atomic mass is 10.1. The van der Waals surface area contributed by atoms with Crippen molar-refractivity contribution in [1.82, 2.24) is 10.2 Å². The van der Waals surface area contributed by atoms with Gasteiger partial charge in [-0.15, -0.1) is 0 Å². The van der Waals surface area contributed by atoms with Gasteiger partial charge in [-0.1, -0.05) is 0 Å². The molecule has 0 saturated carbocycles. The molecule has 1 fully saturated rings. The number of likely N-dealkylation sites (tertiary alicyclic amines) is 1. The number of nitrogens with one attached hydrogen (secondary N) is 1. The molecule has 12 heavy (non-hydrogen) atoms. The summed E-state index contributed by atoms with van der Waals surface area (Å²) in [5.41, 5.74) is 0. The number of carbonyl (C=O) groups is 2. The molecule has 0 bridgehead atoms. The summed E-state index contributed by atoms with van der Waals surface area (Å²) >= 11 is 0. The molecule has 3 amide bonds. The zero-order valence-electron chi connectivity index (χ0n) is 7.30. The number of hydrogen-bond acceptors (Lipinski definition) is 2. The lowest BCUT2D eigenvalue weighted by molar-refractivity contribution is -0.118. The van der Waals surface area contributed by atoms with Crippen molar-refractivity contribution in [3.8, 4) is 0 Å². The number of nitrogens with zero attached hydrogens (tertiary/aromatic N) is 1. The van der Waals surface area contributed by atoms with Crippen molar-refractivity contribution in [3.05, 3.63) is 0 Å². The van der Waals surface area contributed by atoms with Gasteiger partial charge < -0.3 is 4.90 Å². The van der Waals surface area contributed by atoms with E-state index in [-0.39, 0.29) is 11.9 Å². The summed E-state index contributed by atoms with van der Waals surface area (Å²) in [7, 11) is 0. The van der Waals surface area contributed by atoms with Gasteiger partial charge in [-0.05, 0) is 19.3 Å². The van der Waals surface area contributed by atoms with Crippen molar-refractivity contribution in [2.45, 2.75) is 26.2 Å². The van der Waals surface area contributed by atoms with Gasteiger partial charge in [-0.2, -0.15) is 0 Å². The zero-order chi connectivity index (χ0) is 8.97. The summed E-state index contributed by atoms with van der Waals surface area (Å²) in [6.07, 6.45) is 3.28. The van der Waals surface area contributed by atoms with Gasteiger partial charge in [-0.3, -0.25) is 10.1 Å². The first-order valence-electron chi connectivity index (χ1n) is 4.26. The number of amides is 3. The molecule has 1 aliphatic heterocycles. The van der Waals surface area contributed by atoms with Crippen LogP contribution in [-0.2, 0) is 4.79 Å². The van der Waals surface area contributed by atoms with Crippen LogP contribution in [0.4, 0.5) is 4.79 Å². The number of hydrogen-bond donors (Lipinski definition) is 1. The molecule has 1 rings (SSSR count). The Bertz CT molecular complexity index is 185. The highest BCUT2D eigenvalue weighted by Crippen LogP contribution is 2.07. The minimum absolute atomic E-state index is 0.248. The fourth-order valence-corrected chi connectivity index (χ4v) is 1.33. The molecule has 1 heterocycles. The van der Waals surface area contributed by atoms with Gasteiger partial charge in [0, 0.05) is 20.0 Å². The van der Waals surface area contributed by atoms with Gasteiger partial charge in [0.05, 0.1) is 0 Å². The third kappa shape index (κ3) is 2.53. The molecule has 0 radical (unpaired) electrons. The molecule has 0 aliphatic carbocycles. The van der Waals surface area contributed by atoms with Crippen molar-refractivity contribution >= 4 is 11.9 Å². The first-order chi connectivity index (χ1) is 5.70. The van der Waals surface area contributed by atoms with E-state index < -0.39 is 0 Å². The minimum Gasteiger partial charge on any atom is -0.324 e. The van der Waals surface area contributed by atoms with E-state index in [1.807, 2.05) is 0 Å². The van der Waals surface area contributed by atoms with Gasteiger partial charge in [0.1, 0.15) is 0 Å². The molecule has 1 saturated heterocycles. The van der Waals surface area contributed by atoms with Crippen molar-refractivity contribution in [2.75, 3.05) is 13.1 Å². The van der Waals surface area contributed by atoms with E-state index in [1.165, 1.54) is 13.3 Å². The van der Waals surface area contributed by atoms with Gasteiger partial charge in [0.15, 0.2) is 0 Å². The van der Waals surface area contributed by atoms with Crippen molar-refractivity contribution in [1.29, 1.82) is 0 Å². The van der Waals surface area contributed by atoms with E-state index >= 15 is 0 Å². The average molecular weight is 170 g/mol. The predicted molar refractivity (Wildman–Crippen MR) is 44.6 cm³/mol. The molecule has 0 aromatic carbocycles. The largest absolute Gasteiger partial charge is 0.324 e. The fraction of sp³-hybridized carbons (Fsp3) is 0.750. The Labute approximate surface area is 71.9 Å². The molecular weight excluding hydrogens is 156 g/mol. The number of imide groups is 1. The number of carbonyl (C=O) groups excluding carboxylic acids is 2. The Morgan fingerprint density at radius 2 is 1.75 bits per heavy atom. The third-order valence-corrected chi connectivity index (χ3v) is 1.93. The molecule has 1 aliphatic rings. The Kier molecular flexibility index (Phi) is 3.08. The second-order valence-electron chi connectivity index (χ2n) is 3.03. The van der Waals surface area contributed by atoms with Crippen molar-refractivity contribution < 1.29 is 9.59 Å². The molecule has 0 aromatic heterocycles. The van der Waals surface area contributed by atoms with Crippen LogP contribution in [0.15, 0.2) is 0 Å². The monoisotopic (exact) mass is 170 g/mol. The predicted octanol–water partition coefficient (Wildman–Crippen LogP) is 0.728. The first kappa shape index (κ1) is 9.03. The molecule has 68 valence electrons. The van der Waals surface area contributed by atoms with Crippen molar-refractivity contribution in [3.63, 3.8) is 0 Å². The first-order valence-corrected chi connectivity index (χ1v) is 4.26. The molecule has 0 spiro atoms. The maximum atomic E-state index is 11.2.